The molecule has 0 unspecified atom stereocenters. The fraction of sp³-hybridized carbons (Fsp3) is 0.167. The van der Waals surface area contributed by atoms with E-state index < -0.39 is 0 Å². The van der Waals surface area contributed by atoms with Crippen LogP contribution in [0.4, 0.5) is 0 Å². The fourth-order valence-electron chi connectivity index (χ4n) is 2.48. The Morgan fingerprint density at radius 2 is 1.88 bits per heavy atom. The largest absolute Gasteiger partial charge is 0.350 e. The number of aryl methyl sites for hydroxylation is 1. The first-order valence-corrected chi connectivity index (χ1v) is 7.90. The van der Waals surface area contributed by atoms with Crippen molar-refractivity contribution in [2.75, 3.05) is 0 Å². The predicted octanol–water partition coefficient (Wildman–Crippen LogP) is 2.67. The lowest BCUT2D eigenvalue weighted by molar-refractivity contribution is -0.121. The van der Waals surface area contributed by atoms with E-state index in [2.05, 4.69) is 10.3 Å². The smallest absolute Gasteiger partial charge is 0.272 e. The second-order valence-corrected chi connectivity index (χ2v) is 5.92. The second kappa shape index (κ2) is 6.84. The van der Waals surface area contributed by atoms with Gasteiger partial charge in [-0.15, -0.1) is 0 Å². The molecular formula is C18H16ClN3O2. The molecule has 0 fully saturated rings. The van der Waals surface area contributed by atoms with Gasteiger partial charge >= 0.3 is 0 Å². The molecule has 0 bridgehead atoms. The summed E-state index contributed by atoms with van der Waals surface area (Å²) in [6.45, 7) is 1.99. The van der Waals surface area contributed by atoms with Crippen molar-refractivity contribution in [2.45, 2.75) is 20.0 Å². The summed E-state index contributed by atoms with van der Waals surface area (Å²) in [7, 11) is 0. The third-order valence-corrected chi connectivity index (χ3v) is 3.97. The molecule has 6 heteroatoms. The summed E-state index contributed by atoms with van der Waals surface area (Å²) in [5.41, 5.74) is 2.40. The average Bonchev–Trinajstić information content (AvgIpc) is 2.58. The maximum absolute atomic E-state index is 12.3. The van der Waals surface area contributed by atoms with Crippen LogP contribution in [0, 0.1) is 6.92 Å². The van der Waals surface area contributed by atoms with E-state index in [9.17, 15) is 9.59 Å². The number of fused-ring (bicyclic) bond motifs is 1. The molecule has 1 aromatic heterocycles. The molecule has 5 nitrogen and oxygen atoms in total. The van der Waals surface area contributed by atoms with Gasteiger partial charge in [-0.1, -0.05) is 35.9 Å². The van der Waals surface area contributed by atoms with E-state index >= 15 is 0 Å². The Hall–Kier alpha value is -2.66. The van der Waals surface area contributed by atoms with Gasteiger partial charge in [0.1, 0.15) is 12.2 Å². The van der Waals surface area contributed by atoms with Crippen molar-refractivity contribution < 1.29 is 4.79 Å². The summed E-state index contributed by atoms with van der Waals surface area (Å²) in [5.74, 6) is -0.234. The number of hydrogen-bond donors (Lipinski definition) is 1. The maximum atomic E-state index is 12.3. The molecule has 24 heavy (non-hydrogen) atoms. The Labute approximate surface area is 143 Å². The zero-order valence-electron chi connectivity index (χ0n) is 13.1. The lowest BCUT2D eigenvalue weighted by Crippen LogP contribution is -2.33. The minimum absolute atomic E-state index is 0.0453. The number of amides is 1. The van der Waals surface area contributed by atoms with Gasteiger partial charge in [0.15, 0.2) is 0 Å². The van der Waals surface area contributed by atoms with Crippen molar-refractivity contribution >= 4 is 28.5 Å². The Bertz CT molecular complexity index is 949. The molecule has 0 atom stereocenters. The molecular weight excluding hydrogens is 326 g/mol. The fourth-order valence-corrected chi connectivity index (χ4v) is 2.61. The van der Waals surface area contributed by atoms with Crippen LogP contribution in [-0.2, 0) is 17.9 Å². The van der Waals surface area contributed by atoms with Gasteiger partial charge in [-0.3, -0.25) is 14.2 Å². The van der Waals surface area contributed by atoms with Crippen molar-refractivity contribution in [3.8, 4) is 0 Å². The van der Waals surface area contributed by atoms with Gasteiger partial charge in [0.2, 0.25) is 5.91 Å². The standard InChI is InChI=1S/C18H16ClN3O2/c1-12-18(24)22(16-5-3-2-4-15(16)21-12)11-17(23)20-10-13-6-8-14(19)9-7-13/h2-9H,10-11H2,1H3,(H,20,23). The Kier molecular flexibility index (Phi) is 4.62. The topological polar surface area (TPSA) is 64.0 Å². The molecule has 2 aromatic carbocycles. The number of aromatic nitrogens is 2. The summed E-state index contributed by atoms with van der Waals surface area (Å²) < 4.78 is 1.45. The number of carbonyl (C=O) groups excluding carboxylic acids is 1. The molecule has 3 aromatic rings. The Morgan fingerprint density at radius 1 is 1.17 bits per heavy atom. The van der Waals surface area contributed by atoms with Crippen LogP contribution in [0.25, 0.3) is 11.0 Å². The summed E-state index contributed by atoms with van der Waals surface area (Å²) >= 11 is 5.84. The number of halogens is 1. The molecule has 1 amide bonds. The highest BCUT2D eigenvalue weighted by Crippen LogP contribution is 2.10. The maximum Gasteiger partial charge on any atom is 0.272 e. The minimum Gasteiger partial charge on any atom is -0.350 e. The summed E-state index contributed by atoms with van der Waals surface area (Å²) in [6, 6.07) is 14.5. The molecule has 0 spiro atoms. The van der Waals surface area contributed by atoms with Crippen LogP contribution in [0.15, 0.2) is 53.3 Å². The highest BCUT2D eigenvalue weighted by Gasteiger charge is 2.11. The number of benzene rings is 2. The lowest BCUT2D eigenvalue weighted by atomic mass is 10.2. The van der Waals surface area contributed by atoms with Crippen LogP contribution in [0.3, 0.4) is 0 Å². The lowest BCUT2D eigenvalue weighted by Gasteiger charge is -2.11. The van der Waals surface area contributed by atoms with Crippen molar-refractivity contribution in [1.82, 2.24) is 14.9 Å². The van der Waals surface area contributed by atoms with Gasteiger partial charge in [-0.25, -0.2) is 4.98 Å². The van der Waals surface area contributed by atoms with Gasteiger partial charge in [0, 0.05) is 11.6 Å². The SMILES string of the molecule is Cc1nc2ccccc2n(CC(=O)NCc2ccc(Cl)cc2)c1=O. The van der Waals surface area contributed by atoms with Gasteiger partial charge in [-0.2, -0.15) is 0 Å². The number of nitrogens with one attached hydrogen (secondary N) is 1. The zero-order chi connectivity index (χ0) is 17.1. The first kappa shape index (κ1) is 16.2. The third-order valence-electron chi connectivity index (χ3n) is 3.72. The van der Waals surface area contributed by atoms with E-state index in [0.29, 0.717) is 28.3 Å². The number of rotatable bonds is 4. The first-order chi connectivity index (χ1) is 11.5. The van der Waals surface area contributed by atoms with Crippen LogP contribution in [0.5, 0.6) is 0 Å². The van der Waals surface area contributed by atoms with Crippen molar-refractivity contribution in [2.24, 2.45) is 0 Å². The van der Waals surface area contributed by atoms with E-state index in [4.69, 9.17) is 11.6 Å². The van der Waals surface area contributed by atoms with Crippen LogP contribution in [0.2, 0.25) is 5.02 Å². The van der Waals surface area contributed by atoms with E-state index in [-0.39, 0.29) is 18.0 Å². The number of carbonyl (C=O) groups is 1. The quantitative estimate of drug-likeness (QED) is 0.793. The molecule has 0 saturated carbocycles. The molecule has 122 valence electrons. The Balaban J connectivity index is 1.79. The monoisotopic (exact) mass is 341 g/mol. The molecule has 1 N–H and O–H groups in total. The number of hydrogen-bond acceptors (Lipinski definition) is 3. The zero-order valence-corrected chi connectivity index (χ0v) is 13.9. The predicted molar refractivity (Wildman–Crippen MR) is 94.0 cm³/mol. The molecule has 0 aliphatic carbocycles. The molecule has 1 heterocycles. The summed E-state index contributed by atoms with van der Waals surface area (Å²) in [4.78, 5) is 28.8. The molecule has 0 radical (unpaired) electrons. The second-order valence-electron chi connectivity index (χ2n) is 5.48. The molecule has 3 rings (SSSR count). The van der Waals surface area contributed by atoms with Crippen LogP contribution in [0.1, 0.15) is 11.3 Å². The normalized spacial score (nSPS) is 10.8. The van der Waals surface area contributed by atoms with E-state index in [1.165, 1.54) is 4.57 Å². The molecule has 0 aliphatic rings. The highest BCUT2D eigenvalue weighted by atomic mass is 35.5. The molecule has 0 aliphatic heterocycles. The van der Waals surface area contributed by atoms with Gasteiger partial charge in [0.25, 0.3) is 5.56 Å². The summed E-state index contributed by atoms with van der Waals surface area (Å²) in [5, 5.41) is 3.46. The van der Waals surface area contributed by atoms with Crippen molar-refractivity contribution in [3.63, 3.8) is 0 Å². The Morgan fingerprint density at radius 3 is 2.62 bits per heavy atom. The minimum atomic E-state index is -0.254. The van der Waals surface area contributed by atoms with E-state index in [0.717, 1.165) is 5.56 Å². The average molecular weight is 342 g/mol. The van der Waals surface area contributed by atoms with E-state index in [1.807, 2.05) is 30.3 Å². The summed E-state index contributed by atoms with van der Waals surface area (Å²) in [6.07, 6.45) is 0. The van der Waals surface area contributed by atoms with Gasteiger partial charge in [0.05, 0.1) is 11.0 Å². The van der Waals surface area contributed by atoms with Crippen molar-refractivity contribution in [3.05, 3.63) is 75.2 Å². The van der Waals surface area contributed by atoms with E-state index in [1.54, 1.807) is 25.1 Å². The van der Waals surface area contributed by atoms with Gasteiger partial charge < -0.3 is 5.32 Å². The first-order valence-electron chi connectivity index (χ1n) is 7.52. The molecule has 0 saturated heterocycles. The van der Waals surface area contributed by atoms with Crippen LogP contribution < -0.4 is 10.9 Å². The van der Waals surface area contributed by atoms with Crippen molar-refractivity contribution in [1.29, 1.82) is 0 Å². The third kappa shape index (κ3) is 3.46. The van der Waals surface area contributed by atoms with Crippen LogP contribution >= 0.6 is 11.6 Å². The van der Waals surface area contributed by atoms with Crippen LogP contribution in [-0.4, -0.2) is 15.5 Å². The van der Waals surface area contributed by atoms with Gasteiger partial charge in [-0.05, 0) is 36.8 Å². The number of nitrogens with zero attached hydrogens (tertiary/aromatic N) is 2. The highest BCUT2D eigenvalue weighted by molar-refractivity contribution is 6.30. The number of para-hydroxylation sites is 2.